The molecule has 10 nitrogen and oxygen atoms in total. The van der Waals surface area contributed by atoms with Crippen molar-refractivity contribution in [3.8, 4) is 0 Å². The minimum Gasteiger partial charge on any atom is -0.354 e. The standard InChI is InChI=1S/C25H34N4O6S/c1-5-7-15-26-25(31)22(6-2)27(17-20-11-9-8-10-12-20)24(30)18-28(36(4,34)35)23-16-21(29(32)33)14-13-19(23)3/h8-14,16,22H,5-7,15,17-18H2,1-4H3,(H,26,31)/t22-/m1/s1. The Bertz CT molecular complexity index is 1170. The van der Waals surface area contributed by atoms with E-state index in [1.165, 1.54) is 17.0 Å². The van der Waals surface area contributed by atoms with Crippen LogP contribution < -0.4 is 9.62 Å². The molecule has 0 unspecified atom stereocenters. The molecular weight excluding hydrogens is 484 g/mol. The number of carbonyl (C=O) groups is 2. The molecule has 196 valence electrons. The second kappa shape index (κ2) is 13.0. The topological polar surface area (TPSA) is 130 Å². The predicted octanol–water partition coefficient (Wildman–Crippen LogP) is 3.39. The van der Waals surface area contributed by atoms with Crippen LogP contribution in [0.1, 0.15) is 44.2 Å². The van der Waals surface area contributed by atoms with Crippen LogP contribution in [0.15, 0.2) is 48.5 Å². The molecule has 0 radical (unpaired) electrons. The number of nitro benzene ring substituents is 1. The van der Waals surface area contributed by atoms with Gasteiger partial charge in [0, 0.05) is 25.2 Å². The van der Waals surface area contributed by atoms with Crippen LogP contribution in [0.2, 0.25) is 0 Å². The summed E-state index contributed by atoms with van der Waals surface area (Å²) in [6, 6.07) is 12.1. The Morgan fingerprint density at radius 2 is 1.78 bits per heavy atom. The third-order valence-electron chi connectivity index (χ3n) is 5.76. The molecule has 11 heteroatoms. The van der Waals surface area contributed by atoms with Gasteiger partial charge in [-0.2, -0.15) is 0 Å². The summed E-state index contributed by atoms with van der Waals surface area (Å²) in [4.78, 5) is 38.7. The first-order valence-electron chi connectivity index (χ1n) is 11.8. The van der Waals surface area contributed by atoms with Gasteiger partial charge in [-0.15, -0.1) is 0 Å². The molecule has 2 rings (SSSR count). The summed E-state index contributed by atoms with van der Waals surface area (Å²) in [5, 5.41) is 14.2. The van der Waals surface area contributed by atoms with Crippen LogP contribution in [0.5, 0.6) is 0 Å². The lowest BCUT2D eigenvalue weighted by atomic mass is 10.1. The van der Waals surface area contributed by atoms with Crippen molar-refractivity contribution in [1.82, 2.24) is 10.2 Å². The van der Waals surface area contributed by atoms with Gasteiger partial charge in [0.2, 0.25) is 21.8 Å². The Labute approximate surface area is 212 Å². The highest BCUT2D eigenvalue weighted by atomic mass is 32.2. The fraction of sp³-hybridized carbons (Fsp3) is 0.440. The maximum Gasteiger partial charge on any atom is 0.271 e. The molecule has 0 fully saturated rings. The number of aryl methyl sites for hydroxylation is 1. The predicted molar refractivity (Wildman–Crippen MR) is 139 cm³/mol. The van der Waals surface area contributed by atoms with Crippen LogP contribution >= 0.6 is 0 Å². The molecule has 0 bridgehead atoms. The van der Waals surface area contributed by atoms with Crippen molar-refractivity contribution in [1.29, 1.82) is 0 Å². The second-order valence-electron chi connectivity index (χ2n) is 8.57. The Morgan fingerprint density at radius 3 is 2.33 bits per heavy atom. The quantitative estimate of drug-likeness (QED) is 0.246. The smallest absolute Gasteiger partial charge is 0.271 e. The van der Waals surface area contributed by atoms with E-state index >= 15 is 0 Å². The number of sulfonamides is 1. The third-order valence-corrected chi connectivity index (χ3v) is 6.89. The van der Waals surface area contributed by atoms with E-state index < -0.39 is 33.4 Å². The molecule has 2 amide bonds. The largest absolute Gasteiger partial charge is 0.354 e. The van der Waals surface area contributed by atoms with Crippen molar-refractivity contribution in [3.05, 3.63) is 69.8 Å². The number of anilines is 1. The number of nitrogens with one attached hydrogen (secondary N) is 1. The lowest BCUT2D eigenvalue weighted by molar-refractivity contribution is -0.384. The summed E-state index contributed by atoms with van der Waals surface area (Å²) in [5.41, 5.74) is 0.987. The summed E-state index contributed by atoms with van der Waals surface area (Å²) in [6.45, 7) is 5.37. The summed E-state index contributed by atoms with van der Waals surface area (Å²) in [6.07, 6.45) is 2.96. The lowest BCUT2D eigenvalue weighted by Crippen LogP contribution is -2.52. The van der Waals surface area contributed by atoms with Crippen molar-refractivity contribution in [2.24, 2.45) is 0 Å². The van der Waals surface area contributed by atoms with Crippen molar-refractivity contribution in [3.63, 3.8) is 0 Å². The summed E-state index contributed by atoms with van der Waals surface area (Å²) in [5.74, 6) is -0.902. The lowest BCUT2D eigenvalue weighted by Gasteiger charge is -2.33. The van der Waals surface area contributed by atoms with E-state index in [2.05, 4.69) is 5.32 Å². The Balaban J connectivity index is 2.46. The molecule has 0 heterocycles. The fourth-order valence-electron chi connectivity index (χ4n) is 3.78. The average Bonchev–Trinajstić information content (AvgIpc) is 2.82. The zero-order chi connectivity index (χ0) is 26.9. The zero-order valence-corrected chi connectivity index (χ0v) is 22.0. The minimum absolute atomic E-state index is 0.0418. The van der Waals surface area contributed by atoms with Crippen LogP contribution in [0.4, 0.5) is 11.4 Å². The summed E-state index contributed by atoms with van der Waals surface area (Å²) in [7, 11) is -3.99. The Hall–Kier alpha value is -3.47. The Morgan fingerprint density at radius 1 is 1.11 bits per heavy atom. The van der Waals surface area contributed by atoms with Crippen molar-refractivity contribution in [2.75, 3.05) is 23.7 Å². The monoisotopic (exact) mass is 518 g/mol. The van der Waals surface area contributed by atoms with Gasteiger partial charge in [0.15, 0.2) is 0 Å². The van der Waals surface area contributed by atoms with E-state index in [0.717, 1.165) is 35.0 Å². The molecule has 0 saturated carbocycles. The number of hydrogen-bond donors (Lipinski definition) is 1. The molecule has 0 saturated heterocycles. The molecule has 0 aliphatic heterocycles. The highest BCUT2D eigenvalue weighted by molar-refractivity contribution is 7.92. The average molecular weight is 519 g/mol. The number of benzene rings is 2. The fourth-order valence-corrected chi connectivity index (χ4v) is 4.68. The number of hydrogen-bond acceptors (Lipinski definition) is 6. The van der Waals surface area contributed by atoms with E-state index in [0.29, 0.717) is 18.5 Å². The first kappa shape index (κ1) is 28.8. The maximum absolute atomic E-state index is 13.6. The van der Waals surface area contributed by atoms with E-state index in [-0.39, 0.29) is 23.8 Å². The molecule has 36 heavy (non-hydrogen) atoms. The van der Waals surface area contributed by atoms with Crippen LogP contribution in [-0.4, -0.2) is 55.4 Å². The molecule has 0 aromatic heterocycles. The number of nitro groups is 1. The summed E-state index contributed by atoms with van der Waals surface area (Å²) >= 11 is 0. The SMILES string of the molecule is CCCCNC(=O)[C@@H](CC)N(Cc1ccccc1)C(=O)CN(c1cc([N+](=O)[O-])ccc1C)S(C)(=O)=O. The van der Waals surface area contributed by atoms with Gasteiger partial charge in [0.25, 0.3) is 5.69 Å². The second-order valence-corrected chi connectivity index (χ2v) is 10.5. The van der Waals surface area contributed by atoms with Gasteiger partial charge < -0.3 is 10.2 Å². The molecule has 1 atom stereocenters. The van der Waals surface area contributed by atoms with Gasteiger partial charge in [-0.3, -0.25) is 24.0 Å². The van der Waals surface area contributed by atoms with Crippen LogP contribution in [0, 0.1) is 17.0 Å². The van der Waals surface area contributed by atoms with Crippen molar-refractivity contribution in [2.45, 2.75) is 52.6 Å². The van der Waals surface area contributed by atoms with Crippen LogP contribution in [0.25, 0.3) is 0 Å². The van der Waals surface area contributed by atoms with E-state index in [4.69, 9.17) is 0 Å². The normalized spacial score (nSPS) is 12.0. The molecule has 2 aromatic rings. The van der Waals surface area contributed by atoms with E-state index in [1.54, 1.807) is 13.8 Å². The molecule has 0 aliphatic carbocycles. The number of amides is 2. The van der Waals surface area contributed by atoms with Crippen molar-refractivity contribution >= 4 is 33.2 Å². The molecule has 1 N–H and O–H groups in total. The molecule has 0 spiro atoms. The molecular formula is C25H34N4O6S. The first-order chi connectivity index (χ1) is 17.0. The van der Waals surface area contributed by atoms with Crippen LogP contribution in [0.3, 0.4) is 0 Å². The number of carbonyl (C=O) groups excluding carboxylic acids is 2. The molecule has 0 aliphatic rings. The molecule has 2 aromatic carbocycles. The van der Waals surface area contributed by atoms with Gasteiger partial charge in [-0.05, 0) is 30.9 Å². The van der Waals surface area contributed by atoms with Gasteiger partial charge in [-0.1, -0.05) is 56.7 Å². The van der Waals surface area contributed by atoms with Gasteiger partial charge >= 0.3 is 0 Å². The Kier molecular flexibility index (Phi) is 10.4. The minimum atomic E-state index is -3.99. The third kappa shape index (κ3) is 7.77. The number of rotatable bonds is 13. The van der Waals surface area contributed by atoms with Gasteiger partial charge in [0.1, 0.15) is 12.6 Å². The highest BCUT2D eigenvalue weighted by Crippen LogP contribution is 2.28. The van der Waals surface area contributed by atoms with E-state index in [9.17, 15) is 28.1 Å². The summed E-state index contributed by atoms with van der Waals surface area (Å²) < 4.78 is 26.3. The van der Waals surface area contributed by atoms with E-state index in [1.807, 2.05) is 37.3 Å². The van der Waals surface area contributed by atoms with Crippen molar-refractivity contribution < 1.29 is 22.9 Å². The number of unbranched alkanes of at least 4 members (excludes halogenated alkanes) is 1. The highest BCUT2D eigenvalue weighted by Gasteiger charge is 2.32. The number of non-ortho nitro benzene ring substituents is 1. The van der Waals surface area contributed by atoms with Gasteiger partial charge in [0.05, 0.1) is 16.9 Å². The zero-order valence-electron chi connectivity index (χ0n) is 21.1. The number of nitrogens with zero attached hydrogens (tertiary/aromatic N) is 3. The van der Waals surface area contributed by atoms with Crippen LogP contribution in [-0.2, 0) is 26.2 Å². The maximum atomic E-state index is 13.6. The first-order valence-corrected chi connectivity index (χ1v) is 13.7. The van der Waals surface area contributed by atoms with Gasteiger partial charge in [-0.25, -0.2) is 8.42 Å².